The summed E-state index contributed by atoms with van der Waals surface area (Å²) in [6.07, 6.45) is 4.61. The van der Waals surface area contributed by atoms with Gasteiger partial charge in [-0.25, -0.2) is 4.99 Å². The molecule has 0 fully saturated rings. The highest BCUT2D eigenvalue weighted by atomic mass is 16.5. The van der Waals surface area contributed by atoms with E-state index in [0.717, 1.165) is 11.1 Å². The zero-order valence-corrected chi connectivity index (χ0v) is 20.8. The predicted molar refractivity (Wildman–Crippen MR) is 146 cm³/mol. The van der Waals surface area contributed by atoms with Crippen molar-refractivity contribution in [1.82, 2.24) is 0 Å². The molecule has 36 heavy (non-hydrogen) atoms. The van der Waals surface area contributed by atoms with Gasteiger partial charge in [0.1, 0.15) is 5.70 Å². The normalized spacial score (nSPS) is 15.6. The molecule has 188 valence electrons. The molecule has 1 unspecified atom stereocenters. The van der Waals surface area contributed by atoms with Gasteiger partial charge in [-0.05, 0) is 25.3 Å². The molecular formula is C27H32N6O3. The van der Waals surface area contributed by atoms with Crippen molar-refractivity contribution in [1.29, 1.82) is 5.41 Å². The fourth-order valence-corrected chi connectivity index (χ4v) is 3.11. The van der Waals surface area contributed by atoms with Gasteiger partial charge in [-0.15, -0.1) is 0 Å². The highest BCUT2D eigenvalue weighted by molar-refractivity contribution is 6.19. The number of nitrogens with two attached hydrogens (primary N) is 1. The largest absolute Gasteiger partial charge is 0.405 e. The van der Waals surface area contributed by atoms with Gasteiger partial charge in [-0.3, -0.25) is 15.2 Å². The lowest BCUT2D eigenvalue weighted by Gasteiger charge is -2.10. The SMILES string of the molecule is C=N/C(=C\C=C/CCOC)C(=N)O/C(N)=N/C1N=C(c2ccccc2)c2ccccc2NC1=O.CC. The number of nitrogens with one attached hydrogen (secondary N) is 2. The average molecular weight is 489 g/mol. The number of anilines is 1. The number of benzodiazepines with no additional fused rings is 1. The number of fused-ring (bicyclic) bond motifs is 1. The quantitative estimate of drug-likeness (QED) is 0.221. The van der Waals surface area contributed by atoms with E-state index in [1.54, 1.807) is 25.3 Å². The van der Waals surface area contributed by atoms with E-state index >= 15 is 0 Å². The predicted octanol–water partition coefficient (Wildman–Crippen LogP) is 4.31. The number of methoxy groups -OCH3 is 1. The van der Waals surface area contributed by atoms with Gasteiger partial charge in [0.25, 0.3) is 11.9 Å². The van der Waals surface area contributed by atoms with Crippen LogP contribution in [0, 0.1) is 5.41 Å². The number of amidine groups is 1. The molecule has 9 heteroatoms. The number of aliphatic imine (C=N–C) groups is 3. The number of amides is 1. The van der Waals surface area contributed by atoms with Gasteiger partial charge in [0.2, 0.25) is 12.1 Å². The van der Waals surface area contributed by atoms with E-state index in [1.807, 2.05) is 68.5 Å². The number of rotatable bonds is 8. The molecule has 1 atom stereocenters. The smallest absolute Gasteiger partial charge is 0.291 e. The summed E-state index contributed by atoms with van der Waals surface area (Å²) in [6, 6.07) is 16.4. The fourth-order valence-electron chi connectivity index (χ4n) is 3.11. The summed E-state index contributed by atoms with van der Waals surface area (Å²) in [7, 11) is 1.62. The van der Waals surface area contributed by atoms with Gasteiger partial charge < -0.3 is 20.5 Å². The van der Waals surface area contributed by atoms with Crippen LogP contribution in [0.3, 0.4) is 0 Å². The summed E-state index contributed by atoms with van der Waals surface area (Å²) in [5, 5.41) is 10.9. The van der Waals surface area contributed by atoms with Crippen molar-refractivity contribution in [3.63, 3.8) is 0 Å². The number of nitrogens with zero attached hydrogens (tertiary/aromatic N) is 3. The molecule has 0 aliphatic carbocycles. The van der Waals surface area contributed by atoms with Gasteiger partial charge in [0.05, 0.1) is 11.4 Å². The minimum absolute atomic E-state index is 0.151. The first-order valence-electron chi connectivity index (χ1n) is 11.5. The standard InChI is InChI=1S/C25H26N6O3.C2H6/c1-28-20(15-7-4-10-16-33-2)22(26)34-25(27)31-23-24(32)29-19-14-9-8-13-18(19)21(30-23)17-11-5-3-6-12-17;1-2/h3-9,11-15,23,26H,1,10,16H2,2H3,(H2,27,31)(H,29,32);1-2H3/b7-4-,20-15-,26-22?;. The molecule has 0 saturated carbocycles. The van der Waals surface area contributed by atoms with Gasteiger partial charge in [-0.1, -0.05) is 74.5 Å². The molecular weight excluding hydrogens is 456 g/mol. The molecule has 0 saturated heterocycles. The zero-order chi connectivity index (χ0) is 26.3. The summed E-state index contributed by atoms with van der Waals surface area (Å²) in [4.78, 5) is 25.3. The van der Waals surface area contributed by atoms with Crippen LogP contribution < -0.4 is 11.1 Å². The maximum atomic E-state index is 12.8. The lowest BCUT2D eigenvalue weighted by Crippen LogP contribution is -2.29. The van der Waals surface area contributed by atoms with Gasteiger partial charge in [-0.2, -0.15) is 4.99 Å². The summed E-state index contributed by atoms with van der Waals surface area (Å²) in [5.41, 5.74) is 8.83. The van der Waals surface area contributed by atoms with E-state index in [4.69, 9.17) is 20.6 Å². The van der Waals surface area contributed by atoms with E-state index < -0.39 is 18.1 Å². The maximum absolute atomic E-state index is 12.8. The second-order valence-corrected chi connectivity index (χ2v) is 7.07. The Kier molecular flexibility index (Phi) is 11.5. The van der Waals surface area contributed by atoms with Crippen molar-refractivity contribution >= 4 is 35.9 Å². The fraction of sp³-hybridized carbons (Fsp3) is 0.222. The second-order valence-electron chi connectivity index (χ2n) is 7.07. The van der Waals surface area contributed by atoms with Crippen LogP contribution in [0.1, 0.15) is 31.4 Å². The van der Waals surface area contributed by atoms with E-state index in [9.17, 15) is 4.79 Å². The first-order chi connectivity index (χ1) is 17.5. The summed E-state index contributed by atoms with van der Waals surface area (Å²) >= 11 is 0. The molecule has 0 radical (unpaired) electrons. The number of carbonyl (C=O) groups is 1. The molecule has 0 spiro atoms. The Balaban J connectivity index is 0.00000222. The van der Waals surface area contributed by atoms with Crippen LogP contribution in [-0.4, -0.2) is 50.1 Å². The first kappa shape index (κ1) is 27.9. The molecule has 4 N–H and O–H groups in total. The first-order valence-corrected chi connectivity index (χ1v) is 11.5. The van der Waals surface area contributed by atoms with Crippen molar-refractivity contribution in [2.45, 2.75) is 26.4 Å². The van der Waals surface area contributed by atoms with Crippen LogP contribution in [-0.2, 0) is 14.3 Å². The number of para-hydroxylation sites is 1. The summed E-state index contributed by atoms with van der Waals surface area (Å²) in [6.45, 7) is 8.02. The lowest BCUT2D eigenvalue weighted by molar-refractivity contribution is -0.117. The summed E-state index contributed by atoms with van der Waals surface area (Å²) in [5.74, 6) is -0.840. The Morgan fingerprint density at radius 2 is 1.89 bits per heavy atom. The Hall–Kier alpha value is -4.37. The van der Waals surface area contributed by atoms with Crippen molar-refractivity contribution in [2.75, 3.05) is 19.0 Å². The van der Waals surface area contributed by atoms with E-state index in [0.29, 0.717) is 24.4 Å². The van der Waals surface area contributed by atoms with Crippen LogP contribution in [0.15, 0.2) is 93.5 Å². The molecule has 1 heterocycles. The Labute approximate surface area is 211 Å². The summed E-state index contributed by atoms with van der Waals surface area (Å²) < 4.78 is 10.3. The molecule has 9 nitrogen and oxygen atoms in total. The van der Waals surface area contributed by atoms with Gasteiger partial charge >= 0.3 is 0 Å². The Morgan fingerprint density at radius 1 is 1.19 bits per heavy atom. The van der Waals surface area contributed by atoms with Gasteiger partial charge in [0, 0.05) is 24.8 Å². The third-order valence-electron chi connectivity index (χ3n) is 4.71. The third-order valence-corrected chi connectivity index (χ3v) is 4.71. The minimum atomic E-state index is -1.21. The minimum Gasteiger partial charge on any atom is -0.405 e. The van der Waals surface area contributed by atoms with E-state index in [2.05, 4.69) is 27.0 Å². The molecule has 1 aliphatic rings. The number of ether oxygens (including phenoxy) is 2. The number of carbonyl (C=O) groups excluding carboxylic acids is 1. The average Bonchev–Trinajstić information content (AvgIpc) is 3.04. The van der Waals surface area contributed by atoms with Crippen molar-refractivity contribution in [3.8, 4) is 0 Å². The highest BCUT2D eigenvalue weighted by Crippen LogP contribution is 2.24. The molecule has 0 bridgehead atoms. The monoisotopic (exact) mass is 488 g/mol. The molecule has 3 rings (SSSR count). The Bertz CT molecular complexity index is 1170. The molecule has 2 aromatic carbocycles. The molecule has 2 aromatic rings. The number of hydrogen-bond donors (Lipinski definition) is 3. The number of allylic oxidation sites excluding steroid dienone is 2. The topological polar surface area (TPSA) is 135 Å². The maximum Gasteiger partial charge on any atom is 0.291 e. The van der Waals surface area contributed by atoms with Crippen LogP contribution in [0.5, 0.6) is 0 Å². The van der Waals surface area contributed by atoms with Crippen molar-refractivity contribution in [3.05, 3.63) is 89.6 Å². The van der Waals surface area contributed by atoms with Crippen LogP contribution in [0.4, 0.5) is 5.69 Å². The van der Waals surface area contributed by atoms with Crippen molar-refractivity contribution < 1.29 is 14.3 Å². The van der Waals surface area contributed by atoms with Crippen LogP contribution >= 0.6 is 0 Å². The Morgan fingerprint density at radius 3 is 2.58 bits per heavy atom. The third kappa shape index (κ3) is 7.85. The molecule has 1 amide bonds. The van der Waals surface area contributed by atoms with Crippen molar-refractivity contribution in [2.24, 2.45) is 20.7 Å². The second kappa shape index (κ2) is 14.8. The highest BCUT2D eigenvalue weighted by Gasteiger charge is 2.26. The van der Waals surface area contributed by atoms with E-state index in [-0.39, 0.29) is 11.6 Å². The lowest BCUT2D eigenvalue weighted by atomic mass is 10.0. The number of hydrogen-bond acceptors (Lipinski definition) is 7. The molecule has 1 aliphatic heterocycles. The van der Waals surface area contributed by atoms with Crippen LogP contribution in [0.25, 0.3) is 0 Å². The molecule has 0 aromatic heterocycles. The zero-order valence-electron chi connectivity index (χ0n) is 20.8. The van der Waals surface area contributed by atoms with E-state index in [1.165, 1.54) is 0 Å². The number of benzene rings is 2. The van der Waals surface area contributed by atoms with Gasteiger partial charge in [0.15, 0.2) is 0 Å². The van der Waals surface area contributed by atoms with Crippen LogP contribution in [0.2, 0.25) is 0 Å².